The van der Waals surface area contributed by atoms with Gasteiger partial charge in [-0.3, -0.25) is 9.59 Å². The van der Waals surface area contributed by atoms with Crippen molar-refractivity contribution in [3.63, 3.8) is 0 Å². The zero-order valence-corrected chi connectivity index (χ0v) is 25.9. The van der Waals surface area contributed by atoms with Gasteiger partial charge in [-0.25, -0.2) is 14.3 Å². The van der Waals surface area contributed by atoms with E-state index in [-0.39, 0.29) is 23.1 Å². The molecule has 11 nitrogen and oxygen atoms in total. The number of carbonyl (C=O) groups is 2. The molecule has 0 aliphatic carbocycles. The number of nitrogens with one attached hydrogen (secondary N) is 1. The van der Waals surface area contributed by atoms with Crippen LogP contribution in [0, 0.1) is 6.92 Å². The van der Waals surface area contributed by atoms with Crippen molar-refractivity contribution < 1.29 is 14.3 Å². The molecule has 4 heterocycles. The minimum Gasteiger partial charge on any atom is -0.444 e. The summed E-state index contributed by atoms with van der Waals surface area (Å²) in [7, 11) is 1.63. The lowest BCUT2D eigenvalue weighted by molar-refractivity contribution is 0.0203. The standard InChI is InChI=1S/C30H34BrN7O4/c1-17-23(31)14-22(28(40)36(17)5)27(39)35-20-8-6-18(7-9-20)21-15-24(38-25(21)26(32)33-16-34-38)19-10-12-37(13-11-19)29(41)42-30(2,3)4/h6-9,14-16,19H,10-13H2,1-5H3,(H,35,39)(H2,32,33,34). The van der Waals surface area contributed by atoms with Crippen LogP contribution in [0.3, 0.4) is 0 Å². The molecule has 1 aliphatic rings. The molecule has 4 aromatic rings. The molecule has 12 heteroatoms. The fraction of sp³-hybridized carbons (Fsp3) is 0.367. The van der Waals surface area contributed by atoms with Crippen molar-refractivity contribution in [2.24, 2.45) is 7.05 Å². The van der Waals surface area contributed by atoms with E-state index in [9.17, 15) is 14.4 Å². The van der Waals surface area contributed by atoms with Crippen LogP contribution in [0.4, 0.5) is 16.3 Å². The van der Waals surface area contributed by atoms with Gasteiger partial charge in [0.1, 0.15) is 23.0 Å². The second-order valence-electron chi connectivity index (χ2n) is 11.5. The zero-order valence-electron chi connectivity index (χ0n) is 24.3. The van der Waals surface area contributed by atoms with Crippen LogP contribution in [0.1, 0.15) is 61.3 Å². The largest absolute Gasteiger partial charge is 0.444 e. The molecule has 1 aliphatic heterocycles. The molecule has 0 spiro atoms. The number of hydrogen-bond donors (Lipinski definition) is 2. The summed E-state index contributed by atoms with van der Waals surface area (Å²) in [5.41, 5.74) is 10.2. The minimum atomic E-state index is -0.539. The van der Waals surface area contributed by atoms with Crippen LogP contribution < -0.4 is 16.6 Å². The lowest BCUT2D eigenvalue weighted by atomic mass is 9.93. The van der Waals surface area contributed by atoms with Crippen molar-refractivity contribution in [3.8, 4) is 11.1 Å². The van der Waals surface area contributed by atoms with E-state index in [1.165, 1.54) is 17.0 Å². The minimum absolute atomic E-state index is 0.0461. The number of piperidine rings is 1. The van der Waals surface area contributed by atoms with Crippen molar-refractivity contribution in [2.75, 3.05) is 24.1 Å². The molecule has 3 aromatic heterocycles. The number of rotatable bonds is 4. The topological polar surface area (TPSA) is 137 Å². The number of ether oxygens (including phenoxy) is 1. The van der Waals surface area contributed by atoms with Gasteiger partial charge in [0, 0.05) is 53.2 Å². The maximum absolute atomic E-state index is 12.9. The molecular formula is C30H34BrN7O4. The van der Waals surface area contributed by atoms with E-state index in [1.807, 2.05) is 37.4 Å². The van der Waals surface area contributed by atoms with Gasteiger partial charge in [0.25, 0.3) is 11.5 Å². The van der Waals surface area contributed by atoms with Crippen molar-refractivity contribution in [1.82, 2.24) is 24.1 Å². The molecule has 42 heavy (non-hydrogen) atoms. The Bertz CT molecular complexity index is 1730. The first-order valence-corrected chi connectivity index (χ1v) is 14.5. The average molecular weight is 637 g/mol. The van der Waals surface area contributed by atoms with Gasteiger partial charge >= 0.3 is 6.09 Å². The number of nitrogens with zero attached hydrogens (tertiary/aromatic N) is 5. The third-order valence-electron chi connectivity index (χ3n) is 7.53. The number of amides is 2. The second kappa shape index (κ2) is 11.2. The maximum atomic E-state index is 12.9. The average Bonchev–Trinajstić information content (AvgIpc) is 3.34. The number of anilines is 2. The van der Waals surface area contributed by atoms with E-state index in [0.29, 0.717) is 34.6 Å². The van der Waals surface area contributed by atoms with Crippen LogP contribution in [0.25, 0.3) is 16.6 Å². The molecule has 1 aromatic carbocycles. The number of halogens is 1. The fourth-order valence-electron chi connectivity index (χ4n) is 5.17. The highest BCUT2D eigenvalue weighted by molar-refractivity contribution is 9.10. The Kier molecular flexibility index (Phi) is 7.84. The summed E-state index contributed by atoms with van der Waals surface area (Å²) in [5.74, 6) is 0.0286. The molecule has 1 fully saturated rings. The van der Waals surface area contributed by atoms with Crippen molar-refractivity contribution in [1.29, 1.82) is 0 Å². The summed E-state index contributed by atoms with van der Waals surface area (Å²) in [5, 5.41) is 7.33. The Morgan fingerprint density at radius 3 is 2.43 bits per heavy atom. The number of carbonyl (C=O) groups excluding carboxylic acids is 2. The molecule has 2 amide bonds. The summed E-state index contributed by atoms with van der Waals surface area (Å²) in [4.78, 5) is 44.1. The van der Waals surface area contributed by atoms with E-state index >= 15 is 0 Å². The lowest BCUT2D eigenvalue weighted by Gasteiger charge is -2.33. The van der Waals surface area contributed by atoms with Gasteiger partial charge < -0.3 is 25.3 Å². The number of hydrogen-bond acceptors (Lipinski definition) is 7. The predicted octanol–water partition coefficient (Wildman–Crippen LogP) is 5.11. The van der Waals surface area contributed by atoms with Crippen LogP contribution in [0.15, 0.2) is 52.0 Å². The van der Waals surface area contributed by atoms with Crippen LogP contribution >= 0.6 is 15.9 Å². The number of nitrogen functional groups attached to an aromatic ring is 1. The maximum Gasteiger partial charge on any atom is 0.410 e. The molecule has 0 radical (unpaired) electrons. The number of fused-ring (bicyclic) bond motifs is 1. The van der Waals surface area contributed by atoms with Crippen LogP contribution in [-0.4, -0.2) is 54.8 Å². The Hall–Kier alpha value is -4.19. The third-order valence-corrected chi connectivity index (χ3v) is 8.33. The van der Waals surface area contributed by atoms with E-state index in [1.54, 1.807) is 31.0 Å². The number of nitrogens with two attached hydrogens (primary N) is 1. The van der Waals surface area contributed by atoms with E-state index in [0.717, 1.165) is 35.4 Å². The lowest BCUT2D eigenvalue weighted by Crippen LogP contribution is -2.41. The molecule has 3 N–H and O–H groups in total. The summed E-state index contributed by atoms with van der Waals surface area (Å²) >= 11 is 3.41. The number of benzene rings is 1. The molecular weight excluding hydrogens is 602 g/mol. The Balaban J connectivity index is 1.38. The van der Waals surface area contributed by atoms with E-state index in [4.69, 9.17) is 10.5 Å². The predicted molar refractivity (Wildman–Crippen MR) is 165 cm³/mol. The molecule has 0 atom stereocenters. The summed E-state index contributed by atoms with van der Waals surface area (Å²) in [6.45, 7) is 8.55. The van der Waals surface area contributed by atoms with Crippen molar-refractivity contribution in [3.05, 3.63) is 74.5 Å². The molecule has 0 bridgehead atoms. The Labute approximate surface area is 251 Å². The van der Waals surface area contributed by atoms with Gasteiger partial charge in [-0.1, -0.05) is 12.1 Å². The fourth-order valence-corrected chi connectivity index (χ4v) is 5.66. The van der Waals surface area contributed by atoms with E-state index < -0.39 is 11.5 Å². The molecule has 0 unspecified atom stereocenters. The SMILES string of the molecule is Cc1c(Br)cc(C(=O)Nc2ccc(-c3cc(C4CCN(C(=O)OC(C)(C)C)CC4)n4ncnc(N)c34)cc2)c(=O)n1C. The van der Waals surface area contributed by atoms with Gasteiger partial charge in [0.05, 0.1) is 0 Å². The van der Waals surface area contributed by atoms with E-state index in [2.05, 4.69) is 37.4 Å². The summed E-state index contributed by atoms with van der Waals surface area (Å²) < 4.78 is 9.50. The molecule has 220 valence electrons. The van der Waals surface area contributed by atoms with Crippen LogP contribution in [0.5, 0.6) is 0 Å². The number of aromatic nitrogens is 4. The monoisotopic (exact) mass is 635 g/mol. The van der Waals surface area contributed by atoms with Gasteiger partial charge in [0.2, 0.25) is 0 Å². The van der Waals surface area contributed by atoms with Gasteiger partial charge in [0.15, 0.2) is 5.82 Å². The highest BCUT2D eigenvalue weighted by Crippen LogP contribution is 2.37. The second-order valence-corrected chi connectivity index (χ2v) is 12.4. The molecule has 5 rings (SSSR count). The van der Waals surface area contributed by atoms with Gasteiger partial charge in [-0.2, -0.15) is 5.10 Å². The first kappa shape index (κ1) is 29.3. The van der Waals surface area contributed by atoms with Crippen LogP contribution in [-0.2, 0) is 11.8 Å². The number of pyridine rings is 1. The smallest absolute Gasteiger partial charge is 0.410 e. The quantitative estimate of drug-likeness (QED) is 0.318. The van der Waals surface area contributed by atoms with Gasteiger partial charge in [-0.15, -0.1) is 0 Å². The Morgan fingerprint density at radius 1 is 1.12 bits per heavy atom. The Morgan fingerprint density at radius 2 is 1.79 bits per heavy atom. The summed E-state index contributed by atoms with van der Waals surface area (Å²) in [6, 6.07) is 10.9. The van der Waals surface area contributed by atoms with Crippen LogP contribution in [0.2, 0.25) is 0 Å². The van der Waals surface area contributed by atoms with Gasteiger partial charge in [-0.05, 0) is 86.3 Å². The molecule has 1 saturated heterocycles. The highest BCUT2D eigenvalue weighted by Gasteiger charge is 2.30. The van der Waals surface area contributed by atoms with Crippen molar-refractivity contribution >= 4 is 45.0 Å². The normalized spacial score (nSPS) is 14.3. The zero-order chi connectivity index (χ0) is 30.3. The highest BCUT2D eigenvalue weighted by atomic mass is 79.9. The molecule has 0 saturated carbocycles. The first-order chi connectivity index (χ1) is 19.8. The summed E-state index contributed by atoms with van der Waals surface area (Å²) in [6.07, 6.45) is 2.66. The third kappa shape index (κ3) is 5.76. The number of likely N-dealkylation sites (tertiary alicyclic amines) is 1. The first-order valence-electron chi connectivity index (χ1n) is 13.7. The van der Waals surface area contributed by atoms with Crippen molar-refractivity contribution in [2.45, 2.75) is 52.1 Å².